The number of hydrogen-bond acceptors (Lipinski definition) is 3. The number of ether oxygens (including phenoxy) is 1. The van der Waals surface area contributed by atoms with Crippen molar-refractivity contribution >= 4 is 11.8 Å². The highest BCUT2D eigenvalue weighted by atomic mass is 16.5. The van der Waals surface area contributed by atoms with Gasteiger partial charge in [-0.2, -0.15) is 0 Å². The summed E-state index contributed by atoms with van der Waals surface area (Å²) in [4.78, 5) is 21.3. The minimum absolute atomic E-state index is 0.113. The van der Waals surface area contributed by atoms with Crippen LogP contribution in [0.3, 0.4) is 0 Å². The Labute approximate surface area is 66.0 Å². The zero-order valence-corrected chi connectivity index (χ0v) is 7.01. The normalized spacial score (nSPS) is 11.0. The van der Waals surface area contributed by atoms with Crippen molar-refractivity contribution in [3.63, 3.8) is 0 Å². The third-order valence-corrected chi connectivity index (χ3v) is 1.18. The number of rotatable bonds is 3. The van der Waals surface area contributed by atoms with E-state index in [4.69, 9.17) is 0 Å². The Morgan fingerprint density at radius 3 is 2.27 bits per heavy atom. The summed E-state index contributed by atoms with van der Waals surface area (Å²) >= 11 is 0. The first-order valence-electron chi connectivity index (χ1n) is 3.44. The molecule has 3 heteroatoms. The third kappa shape index (κ3) is 4.31. The van der Waals surface area contributed by atoms with Crippen LogP contribution in [-0.2, 0) is 14.3 Å². The van der Waals surface area contributed by atoms with Crippen LogP contribution in [0.1, 0.15) is 20.8 Å². The summed E-state index contributed by atoms with van der Waals surface area (Å²) in [5, 5.41) is 0. The van der Waals surface area contributed by atoms with Gasteiger partial charge in [0.05, 0.1) is 6.61 Å². The van der Waals surface area contributed by atoms with Crippen molar-refractivity contribution in [3.8, 4) is 0 Å². The predicted octanol–water partition coefficient (Wildman–Crippen LogP) is 1.08. The Bertz CT molecular complexity index is 192. The lowest BCUT2D eigenvalue weighted by Crippen LogP contribution is -2.03. The Hall–Kier alpha value is -1.12. The smallest absolute Gasteiger partial charge is 0.331 e. The third-order valence-electron chi connectivity index (χ3n) is 1.18. The maximum atomic E-state index is 10.7. The van der Waals surface area contributed by atoms with E-state index in [-0.39, 0.29) is 5.78 Å². The van der Waals surface area contributed by atoms with E-state index >= 15 is 0 Å². The molecule has 62 valence electrons. The van der Waals surface area contributed by atoms with E-state index in [1.807, 2.05) is 0 Å². The SMILES string of the molecule is CCOC(=O)/C=C(\C)C(C)=O. The number of Topliss-reactive ketones (excluding diaryl/α,β-unsaturated/α-hetero) is 1. The van der Waals surface area contributed by atoms with E-state index in [2.05, 4.69) is 4.74 Å². The Kier molecular flexibility index (Phi) is 4.18. The first-order valence-corrected chi connectivity index (χ1v) is 3.44. The molecule has 0 spiro atoms. The summed E-state index contributed by atoms with van der Waals surface area (Å²) in [6.45, 7) is 5.04. The van der Waals surface area contributed by atoms with Crippen molar-refractivity contribution in [1.29, 1.82) is 0 Å². The first-order chi connectivity index (χ1) is 5.07. The minimum Gasteiger partial charge on any atom is -0.463 e. The van der Waals surface area contributed by atoms with Gasteiger partial charge in [0.2, 0.25) is 0 Å². The lowest BCUT2D eigenvalue weighted by atomic mass is 10.2. The number of ketones is 1. The molecular formula is C8H12O3. The van der Waals surface area contributed by atoms with Gasteiger partial charge in [-0.1, -0.05) is 0 Å². The van der Waals surface area contributed by atoms with E-state index in [0.717, 1.165) is 0 Å². The number of carbonyl (C=O) groups excluding carboxylic acids is 2. The van der Waals surface area contributed by atoms with Gasteiger partial charge in [0.15, 0.2) is 5.78 Å². The van der Waals surface area contributed by atoms with E-state index in [9.17, 15) is 9.59 Å². The van der Waals surface area contributed by atoms with Crippen LogP contribution in [-0.4, -0.2) is 18.4 Å². The number of allylic oxidation sites excluding steroid dienone is 1. The van der Waals surface area contributed by atoms with Gasteiger partial charge in [-0.3, -0.25) is 4.79 Å². The molecule has 0 amide bonds. The van der Waals surface area contributed by atoms with E-state index < -0.39 is 5.97 Å². The van der Waals surface area contributed by atoms with Crippen LogP contribution in [0.5, 0.6) is 0 Å². The Morgan fingerprint density at radius 1 is 1.36 bits per heavy atom. The van der Waals surface area contributed by atoms with Gasteiger partial charge in [0.1, 0.15) is 0 Å². The largest absolute Gasteiger partial charge is 0.463 e. The van der Waals surface area contributed by atoms with Crippen LogP contribution in [0.25, 0.3) is 0 Å². The molecule has 0 aromatic rings. The van der Waals surface area contributed by atoms with Gasteiger partial charge >= 0.3 is 5.97 Å². The number of carbonyl (C=O) groups is 2. The topological polar surface area (TPSA) is 43.4 Å². The molecule has 0 unspecified atom stereocenters. The molecule has 0 atom stereocenters. The zero-order valence-electron chi connectivity index (χ0n) is 7.01. The van der Waals surface area contributed by atoms with Gasteiger partial charge in [-0.05, 0) is 26.3 Å². The van der Waals surface area contributed by atoms with E-state index in [1.54, 1.807) is 13.8 Å². The molecule has 0 N–H and O–H groups in total. The minimum atomic E-state index is -0.458. The van der Waals surface area contributed by atoms with E-state index in [0.29, 0.717) is 12.2 Å². The Morgan fingerprint density at radius 2 is 1.91 bits per heavy atom. The van der Waals surface area contributed by atoms with Gasteiger partial charge in [0.25, 0.3) is 0 Å². The molecule has 0 radical (unpaired) electrons. The van der Waals surface area contributed by atoms with Crippen molar-refractivity contribution in [2.75, 3.05) is 6.61 Å². The standard InChI is InChI=1S/C8H12O3/c1-4-11-8(10)5-6(2)7(3)9/h5H,4H2,1-3H3/b6-5+. The molecule has 0 rings (SSSR count). The predicted molar refractivity (Wildman–Crippen MR) is 41.1 cm³/mol. The second-order valence-electron chi connectivity index (χ2n) is 2.14. The monoisotopic (exact) mass is 156 g/mol. The fraction of sp³-hybridized carbons (Fsp3) is 0.500. The fourth-order valence-corrected chi connectivity index (χ4v) is 0.462. The second-order valence-corrected chi connectivity index (χ2v) is 2.14. The van der Waals surface area contributed by atoms with Crippen LogP contribution in [0.2, 0.25) is 0 Å². The quantitative estimate of drug-likeness (QED) is 0.453. The zero-order chi connectivity index (χ0) is 8.85. The molecule has 0 aromatic carbocycles. The van der Waals surface area contributed by atoms with Crippen LogP contribution >= 0.6 is 0 Å². The molecule has 0 heterocycles. The van der Waals surface area contributed by atoms with Gasteiger partial charge in [0, 0.05) is 6.08 Å². The highest BCUT2D eigenvalue weighted by Gasteiger charge is 2.00. The summed E-state index contributed by atoms with van der Waals surface area (Å²) in [6, 6.07) is 0. The number of hydrogen-bond donors (Lipinski definition) is 0. The number of esters is 1. The molecular weight excluding hydrogens is 144 g/mol. The second kappa shape index (κ2) is 4.66. The molecule has 0 aromatic heterocycles. The summed E-state index contributed by atoms with van der Waals surface area (Å²) in [5.74, 6) is -0.571. The summed E-state index contributed by atoms with van der Waals surface area (Å²) in [5.41, 5.74) is 0.420. The van der Waals surface area contributed by atoms with Crippen molar-refractivity contribution < 1.29 is 14.3 Å². The summed E-state index contributed by atoms with van der Waals surface area (Å²) in [7, 11) is 0. The molecule has 0 aliphatic rings. The summed E-state index contributed by atoms with van der Waals surface area (Å²) in [6.07, 6.45) is 1.20. The highest BCUT2D eigenvalue weighted by Crippen LogP contribution is 1.94. The molecule has 0 aliphatic carbocycles. The molecule has 0 saturated carbocycles. The van der Waals surface area contributed by atoms with Crippen LogP contribution < -0.4 is 0 Å². The fourth-order valence-electron chi connectivity index (χ4n) is 0.462. The molecule has 11 heavy (non-hydrogen) atoms. The molecule has 0 aliphatic heterocycles. The maximum absolute atomic E-state index is 10.7. The Balaban J connectivity index is 4.08. The van der Waals surface area contributed by atoms with Crippen molar-refractivity contribution in [3.05, 3.63) is 11.6 Å². The van der Waals surface area contributed by atoms with Crippen LogP contribution in [0.15, 0.2) is 11.6 Å². The van der Waals surface area contributed by atoms with Crippen molar-refractivity contribution in [2.24, 2.45) is 0 Å². The lowest BCUT2D eigenvalue weighted by molar-refractivity contribution is -0.137. The van der Waals surface area contributed by atoms with Crippen LogP contribution in [0, 0.1) is 0 Å². The maximum Gasteiger partial charge on any atom is 0.331 e. The molecule has 0 bridgehead atoms. The van der Waals surface area contributed by atoms with E-state index in [1.165, 1.54) is 13.0 Å². The van der Waals surface area contributed by atoms with Crippen molar-refractivity contribution in [2.45, 2.75) is 20.8 Å². The average Bonchev–Trinajstić information content (AvgIpc) is 1.87. The van der Waals surface area contributed by atoms with Gasteiger partial charge < -0.3 is 4.74 Å². The van der Waals surface area contributed by atoms with Gasteiger partial charge in [-0.15, -0.1) is 0 Å². The van der Waals surface area contributed by atoms with Gasteiger partial charge in [-0.25, -0.2) is 4.79 Å². The molecule has 0 fully saturated rings. The molecule has 0 saturated heterocycles. The first kappa shape index (κ1) is 9.88. The molecule has 3 nitrogen and oxygen atoms in total. The highest BCUT2D eigenvalue weighted by molar-refractivity contribution is 5.98. The van der Waals surface area contributed by atoms with Crippen molar-refractivity contribution in [1.82, 2.24) is 0 Å². The lowest BCUT2D eigenvalue weighted by Gasteiger charge is -1.96. The average molecular weight is 156 g/mol. The summed E-state index contributed by atoms with van der Waals surface area (Å²) < 4.78 is 4.60. The van der Waals surface area contributed by atoms with Crippen LogP contribution in [0.4, 0.5) is 0 Å².